The maximum Gasteiger partial charge on any atom is 0.127 e. The quantitative estimate of drug-likeness (QED) is 0.915. The fourth-order valence-electron chi connectivity index (χ4n) is 3.53. The van der Waals surface area contributed by atoms with E-state index in [-0.39, 0.29) is 11.6 Å². The molecule has 1 saturated heterocycles. The molecule has 1 aromatic rings. The van der Waals surface area contributed by atoms with Gasteiger partial charge in [0.2, 0.25) is 0 Å². The molecule has 0 amide bonds. The molecule has 1 fully saturated rings. The standard InChI is InChI=1S/C17H25NO2/c1-3-18-16(17(2)10-6-12-20-17)14-9-4-7-13-8-5-11-19-15(13)14/h4,7,9,16,18H,3,5-6,8,10-12H2,1-2H3. The maximum absolute atomic E-state index is 6.08. The Hall–Kier alpha value is -1.06. The van der Waals surface area contributed by atoms with Crippen molar-refractivity contribution in [1.82, 2.24) is 5.32 Å². The van der Waals surface area contributed by atoms with Gasteiger partial charge < -0.3 is 14.8 Å². The highest BCUT2D eigenvalue weighted by Gasteiger charge is 2.40. The number of hydrogen-bond acceptors (Lipinski definition) is 3. The molecule has 0 spiro atoms. The summed E-state index contributed by atoms with van der Waals surface area (Å²) < 4.78 is 12.1. The molecule has 3 heteroatoms. The molecule has 2 unspecified atom stereocenters. The van der Waals surface area contributed by atoms with Crippen molar-refractivity contribution in [2.75, 3.05) is 19.8 Å². The average molecular weight is 275 g/mol. The van der Waals surface area contributed by atoms with Crippen LogP contribution in [-0.2, 0) is 11.2 Å². The van der Waals surface area contributed by atoms with Crippen LogP contribution in [0.2, 0.25) is 0 Å². The lowest BCUT2D eigenvalue weighted by Gasteiger charge is -2.36. The second-order valence-electron chi connectivity index (χ2n) is 6.04. The van der Waals surface area contributed by atoms with Gasteiger partial charge in [-0.3, -0.25) is 0 Å². The van der Waals surface area contributed by atoms with Gasteiger partial charge in [-0.15, -0.1) is 0 Å². The van der Waals surface area contributed by atoms with Crippen LogP contribution in [0, 0.1) is 0 Å². The zero-order valence-corrected chi connectivity index (χ0v) is 12.6. The average Bonchev–Trinajstić information content (AvgIpc) is 2.92. The summed E-state index contributed by atoms with van der Waals surface area (Å²) in [6, 6.07) is 6.76. The highest BCUT2D eigenvalue weighted by atomic mass is 16.5. The molecule has 0 aromatic heterocycles. The number of ether oxygens (including phenoxy) is 2. The smallest absolute Gasteiger partial charge is 0.127 e. The molecule has 2 aliphatic heterocycles. The van der Waals surface area contributed by atoms with Crippen LogP contribution in [0.15, 0.2) is 18.2 Å². The lowest BCUT2D eigenvalue weighted by atomic mass is 9.85. The third-order valence-corrected chi connectivity index (χ3v) is 4.54. The molecular weight excluding hydrogens is 250 g/mol. The fraction of sp³-hybridized carbons (Fsp3) is 0.647. The normalized spacial score (nSPS) is 26.9. The van der Waals surface area contributed by atoms with Gasteiger partial charge in [-0.05, 0) is 44.7 Å². The highest BCUT2D eigenvalue weighted by molar-refractivity contribution is 5.45. The Morgan fingerprint density at radius 2 is 2.20 bits per heavy atom. The van der Waals surface area contributed by atoms with Gasteiger partial charge in [0.15, 0.2) is 0 Å². The monoisotopic (exact) mass is 275 g/mol. The lowest BCUT2D eigenvalue weighted by Crippen LogP contribution is -2.41. The van der Waals surface area contributed by atoms with Crippen LogP contribution in [0.5, 0.6) is 5.75 Å². The molecule has 3 nitrogen and oxygen atoms in total. The highest BCUT2D eigenvalue weighted by Crippen LogP contribution is 2.42. The van der Waals surface area contributed by atoms with Gasteiger partial charge in [-0.25, -0.2) is 0 Å². The van der Waals surface area contributed by atoms with Crippen molar-refractivity contribution in [3.8, 4) is 5.75 Å². The van der Waals surface area contributed by atoms with Crippen LogP contribution in [0.3, 0.4) is 0 Å². The van der Waals surface area contributed by atoms with Gasteiger partial charge in [-0.1, -0.05) is 25.1 Å². The van der Waals surface area contributed by atoms with Gasteiger partial charge >= 0.3 is 0 Å². The van der Waals surface area contributed by atoms with Gasteiger partial charge in [0.1, 0.15) is 5.75 Å². The Morgan fingerprint density at radius 1 is 1.30 bits per heavy atom. The van der Waals surface area contributed by atoms with Crippen molar-refractivity contribution < 1.29 is 9.47 Å². The molecule has 3 rings (SSSR count). The zero-order valence-electron chi connectivity index (χ0n) is 12.6. The first-order valence-corrected chi connectivity index (χ1v) is 7.86. The van der Waals surface area contributed by atoms with Gasteiger partial charge in [0.25, 0.3) is 0 Å². The first-order valence-electron chi connectivity index (χ1n) is 7.86. The minimum Gasteiger partial charge on any atom is -0.493 e. The molecule has 110 valence electrons. The third-order valence-electron chi connectivity index (χ3n) is 4.54. The van der Waals surface area contributed by atoms with Crippen LogP contribution in [-0.4, -0.2) is 25.4 Å². The minimum atomic E-state index is -0.119. The second-order valence-corrected chi connectivity index (χ2v) is 6.04. The van der Waals surface area contributed by atoms with E-state index in [0.29, 0.717) is 0 Å². The lowest BCUT2D eigenvalue weighted by molar-refractivity contribution is -0.0129. The Kier molecular flexibility index (Phi) is 3.99. The Labute approximate surface area is 121 Å². The zero-order chi connectivity index (χ0) is 14.0. The van der Waals surface area contributed by atoms with Crippen molar-refractivity contribution in [2.24, 2.45) is 0 Å². The molecule has 2 aliphatic rings. The molecular formula is C17H25NO2. The van der Waals surface area contributed by atoms with E-state index in [0.717, 1.165) is 51.2 Å². The van der Waals surface area contributed by atoms with E-state index in [2.05, 4.69) is 37.4 Å². The summed E-state index contributed by atoms with van der Waals surface area (Å²) in [4.78, 5) is 0. The van der Waals surface area contributed by atoms with E-state index in [1.54, 1.807) is 0 Å². The Balaban J connectivity index is 1.99. The van der Waals surface area contributed by atoms with E-state index in [1.807, 2.05) is 0 Å². The number of para-hydroxylation sites is 1. The molecule has 0 radical (unpaired) electrons. The number of fused-ring (bicyclic) bond motifs is 1. The summed E-state index contributed by atoms with van der Waals surface area (Å²) in [5.74, 6) is 1.10. The SMILES string of the molecule is CCNC(c1cccc2c1OCCC2)C1(C)CCCO1. The first kappa shape index (κ1) is 13.9. The molecule has 0 bridgehead atoms. The van der Waals surface area contributed by atoms with Crippen LogP contribution in [0.25, 0.3) is 0 Å². The third kappa shape index (κ3) is 2.45. The molecule has 0 aliphatic carbocycles. The van der Waals surface area contributed by atoms with Crippen LogP contribution >= 0.6 is 0 Å². The largest absolute Gasteiger partial charge is 0.493 e. The maximum atomic E-state index is 6.08. The second kappa shape index (κ2) is 5.74. The topological polar surface area (TPSA) is 30.5 Å². The number of benzene rings is 1. The minimum absolute atomic E-state index is 0.119. The van der Waals surface area contributed by atoms with E-state index in [9.17, 15) is 0 Å². The first-order chi connectivity index (χ1) is 9.74. The molecule has 2 atom stereocenters. The molecule has 1 N–H and O–H groups in total. The van der Waals surface area contributed by atoms with E-state index >= 15 is 0 Å². The summed E-state index contributed by atoms with van der Waals surface area (Å²) in [6.07, 6.45) is 4.50. The molecule has 2 heterocycles. The van der Waals surface area contributed by atoms with Crippen molar-refractivity contribution >= 4 is 0 Å². The van der Waals surface area contributed by atoms with Crippen LogP contribution in [0.1, 0.15) is 50.3 Å². The van der Waals surface area contributed by atoms with Gasteiger partial charge in [0.05, 0.1) is 18.2 Å². The van der Waals surface area contributed by atoms with Crippen molar-refractivity contribution in [3.05, 3.63) is 29.3 Å². The number of rotatable bonds is 4. The number of nitrogens with one attached hydrogen (secondary N) is 1. The fourth-order valence-corrected chi connectivity index (χ4v) is 3.53. The van der Waals surface area contributed by atoms with E-state index in [1.165, 1.54) is 11.1 Å². The van der Waals surface area contributed by atoms with E-state index in [4.69, 9.17) is 9.47 Å². The number of likely N-dealkylation sites (N-methyl/N-ethyl adjacent to an activating group) is 1. The molecule has 1 aromatic carbocycles. The summed E-state index contributed by atoms with van der Waals surface area (Å²) in [6.45, 7) is 7.03. The summed E-state index contributed by atoms with van der Waals surface area (Å²) in [7, 11) is 0. The molecule has 0 saturated carbocycles. The predicted octanol–water partition coefficient (Wildman–Crippen LogP) is 3.23. The predicted molar refractivity (Wildman–Crippen MR) is 80.3 cm³/mol. The Morgan fingerprint density at radius 3 is 2.95 bits per heavy atom. The van der Waals surface area contributed by atoms with Gasteiger partial charge in [0, 0.05) is 12.2 Å². The van der Waals surface area contributed by atoms with E-state index < -0.39 is 0 Å². The van der Waals surface area contributed by atoms with Crippen molar-refractivity contribution in [3.63, 3.8) is 0 Å². The van der Waals surface area contributed by atoms with Crippen LogP contribution < -0.4 is 10.1 Å². The van der Waals surface area contributed by atoms with Crippen molar-refractivity contribution in [1.29, 1.82) is 0 Å². The Bertz CT molecular complexity index is 466. The number of hydrogen-bond donors (Lipinski definition) is 1. The van der Waals surface area contributed by atoms with Gasteiger partial charge in [-0.2, -0.15) is 0 Å². The number of aryl methyl sites for hydroxylation is 1. The summed E-state index contributed by atoms with van der Waals surface area (Å²) in [5, 5.41) is 3.63. The molecule has 20 heavy (non-hydrogen) atoms. The van der Waals surface area contributed by atoms with Crippen LogP contribution in [0.4, 0.5) is 0 Å². The van der Waals surface area contributed by atoms with Crippen molar-refractivity contribution in [2.45, 2.75) is 51.2 Å². The summed E-state index contributed by atoms with van der Waals surface area (Å²) >= 11 is 0. The summed E-state index contributed by atoms with van der Waals surface area (Å²) in [5.41, 5.74) is 2.50.